The normalized spacial score (nSPS) is 23.5. The Labute approximate surface area is 349 Å². The fourth-order valence-corrected chi connectivity index (χ4v) is 7.09. The molecule has 3 aromatic rings. The van der Waals surface area contributed by atoms with Gasteiger partial charge in [-0.3, -0.25) is 38.6 Å². The molecule has 6 rings (SSSR count). The van der Waals surface area contributed by atoms with E-state index in [2.05, 4.69) is 46.5 Å². The van der Waals surface area contributed by atoms with Crippen LogP contribution in [0.5, 0.6) is 0 Å². The Hall–Kier alpha value is -6.52. The maximum absolute atomic E-state index is 13.5. The lowest BCUT2D eigenvalue weighted by molar-refractivity contribution is -0.173. The Morgan fingerprint density at radius 1 is 0.967 bits per heavy atom. The van der Waals surface area contributed by atoms with E-state index in [1.54, 1.807) is 45.0 Å². The fraction of sp³-hybridized carbons (Fsp3) is 0.487. The number of H-pyrrole nitrogens is 1. The number of carbonyl (C=O) groups excluding carboxylic acids is 7. The first-order valence-electron chi connectivity index (χ1n) is 19.8. The number of imide groups is 1. The third-order valence-electron chi connectivity index (χ3n) is 10.6. The van der Waals surface area contributed by atoms with Crippen molar-refractivity contribution in [3.8, 4) is 0 Å². The lowest BCUT2D eigenvalue weighted by atomic mass is 9.95. The monoisotopic (exact) mass is 847 g/mol. The molecule has 0 bridgehead atoms. The van der Waals surface area contributed by atoms with Crippen molar-refractivity contribution in [3.05, 3.63) is 54.6 Å². The number of ether oxygens (including phenoxy) is 2. The van der Waals surface area contributed by atoms with Crippen LogP contribution in [0.4, 0.5) is 16.3 Å². The molecule has 0 aliphatic carbocycles. The lowest BCUT2D eigenvalue weighted by Crippen LogP contribution is -2.65. The molecule has 2 saturated heterocycles. The van der Waals surface area contributed by atoms with E-state index in [1.165, 1.54) is 24.5 Å². The van der Waals surface area contributed by atoms with E-state index in [1.807, 2.05) is 0 Å². The van der Waals surface area contributed by atoms with Crippen molar-refractivity contribution in [3.63, 3.8) is 0 Å². The van der Waals surface area contributed by atoms with Crippen molar-refractivity contribution in [2.45, 2.75) is 102 Å². The van der Waals surface area contributed by atoms with Crippen molar-refractivity contribution < 1.29 is 53.2 Å². The molecule has 0 unspecified atom stereocenters. The number of fused-ring (bicyclic) bond motifs is 1. The van der Waals surface area contributed by atoms with Crippen LogP contribution in [0.15, 0.2) is 49.1 Å². The molecule has 2 aromatic heterocycles. The van der Waals surface area contributed by atoms with Crippen LogP contribution < -0.4 is 26.6 Å². The summed E-state index contributed by atoms with van der Waals surface area (Å²) in [6.07, 6.45) is 0.190. The van der Waals surface area contributed by atoms with E-state index in [-0.39, 0.29) is 32.0 Å². The summed E-state index contributed by atoms with van der Waals surface area (Å²) in [7, 11) is 0. The van der Waals surface area contributed by atoms with Gasteiger partial charge in [-0.1, -0.05) is 26.0 Å². The number of benzene rings is 1. The van der Waals surface area contributed by atoms with Crippen molar-refractivity contribution in [2.24, 2.45) is 5.92 Å². The Balaban J connectivity index is 0.937. The topological polar surface area (TPSA) is 300 Å². The molecule has 1 aromatic carbocycles. The zero-order valence-electron chi connectivity index (χ0n) is 33.9. The minimum absolute atomic E-state index is 0.138. The second kappa shape index (κ2) is 19.2. The average molecular weight is 848 g/mol. The molecule has 22 nitrogen and oxygen atoms in total. The molecule has 22 heteroatoms. The molecule has 8 atom stereocenters. The van der Waals surface area contributed by atoms with Gasteiger partial charge in [0.15, 0.2) is 17.7 Å². The second-order valence-electron chi connectivity index (χ2n) is 15.3. The molecule has 0 saturated carbocycles. The zero-order chi connectivity index (χ0) is 44.0. The number of likely N-dealkylation sites (tertiary alicyclic amines) is 1. The second-order valence-corrected chi connectivity index (χ2v) is 15.3. The predicted molar refractivity (Wildman–Crippen MR) is 213 cm³/mol. The van der Waals surface area contributed by atoms with Gasteiger partial charge in [-0.25, -0.2) is 19.7 Å². The van der Waals surface area contributed by atoms with Crippen LogP contribution in [-0.4, -0.2) is 143 Å². The number of carbonyl (C=O) groups is 7. The van der Waals surface area contributed by atoms with Gasteiger partial charge in [0, 0.05) is 37.3 Å². The first-order chi connectivity index (χ1) is 29.1. The number of anilines is 2. The van der Waals surface area contributed by atoms with Crippen molar-refractivity contribution in [1.29, 1.82) is 0 Å². The van der Waals surface area contributed by atoms with Crippen LogP contribution in [0.2, 0.25) is 0 Å². The quantitative estimate of drug-likeness (QED) is 0.0888. The third-order valence-corrected chi connectivity index (χ3v) is 10.6. The summed E-state index contributed by atoms with van der Waals surface area (Å²) < 4.78 is 11.5. The molecule has 326 valence electrons. The number of rotatable bonds is 15. The SMILES string of the molecule is CC(C)[C@H](NC(=O)CCN1C(=O)C=CC1=O)C(=O)N[C@@H](C)C(=O)Nc1ccc(COC(=O)N2CCC[C@@H]2C(=O)N[C@@H]2[C@@H](O)[C@H](O)[C@@H](Nc3ncnc4nc[nH]c34)O[C@H]2C)cc1. The highest BCUT2D eigenvalue weighted by Gasteiger charge is 2.45. The van der Waals surface area contributed by atoms with E-state index in [0.717, 1.165) is 17.1 Å². The van der Waals surface area contributed by atoms with Gasteiger partial charge in [0.2, 0.25) is 23.6 Å². The van der Waals surface area contributed by atoms with Gasteiger partial charge in [-0.05, 0) is 50.3 Å². The summed E-state index contributed by atoms with van der Waals surface area (Å²) >= 11 is 0. The summed E-state index contributed by atoms with van der Waals surface area (Å²) in [5.41, 5.74) is 1.85. The highest BCUT2D eigenvalue weighted by Crippen LogP contribution is 2.26. The Morgan fingerprint density at radius 2 is 1.69 bits per heavy atom. The summed E-state index contributed by atoms with van der Waals surface area (Å²) in [5, 5.41) is 35.6. The number of hydrogen-bond donors (Lipinski definition) is 8. The van der Waals surface area contributed by atoms with E-state index >= 15 is 0 Å². The van der Waals surface area contributed by atoms with Gasteiger partial charge in [0.25, 0.3) is 11.8 Å². The van der Waals surface area contributed by atoms with Crippen molar-refractivity contribution in [2.75, 3.05) is 23.7 Å². The van der Waals surface area contributed by atoms with Gasteiger partial charge >= 0.3 is 6.09 Å². The number of aromatic nitrogens is 4. The lowest BCUT2D eigenvalue weighted by Gasteiger charge is -2.42. The van der Waals surface area contributed by atoms with Crippen molar-refractivity contribution in [1.82, 2.24) is 45.7 Å². The van der Waals surface area contributed by atoms with E-state index in [4.69, 9.17) is 9.47 Å². The average Bonchev–Trinajstić information content (AvgIpc) is 4.00. The fourth-order valence-electron chi connectivity index (χ4n) is 7.09. The van der Waals surface area contributed by atoms with Crippen LogP contribution in [0.25, 0.3) is 11.2 Å². The number of aromatic amines is 1. The van der Waals surface area contributed by atoms with Crippen molar-refractivity contribution >= 4 is 64.2 Å². The summed E-state index contributed by atoms with van der Waals surface area (Å²) in [6, 6.07) is 2.56. The summed E-state index contributed by atoms with van der Waals surface area (Å²) in [5.74, 6) is -3.29. The smallest absolute Gasteiger partial charge is 0.410 e. The van der Waals surface area contributed by atoms with Gasteiger partial charge in [0.1, 0.15) is 48.8 Å². The maximum atomic E-state index is 13.5. The molecular formula is C39H49N11O11. The van der Waals surface area contributed by atoms with Gasteiger partial charge in [-0.15, -0.1) is 0 Å². The molecule has 7 amide bonds. The number of amides is 7. The van der Waals surface area contributed by atoms with Gasteiger partial charge < -0.3 is 51.3 Å². The highest BCUT2D eigenvalue weighted by molar-refractivity contribution is 6.13. The minimum atomic E-state index is -1.47. The number of nitrogens with one attached hydrogen (secondary N) is 6. The molecule has 5 heterocycles. The number of aliphatic hydroxyl groups is 2. The molecular weight excluding hydrogens is 798 g/mol. The van der Waals surface area contributed by atoms with E-state index in [0.29, 0.717) is 41.1 Å². The highest BCUT2D eigenvalue weighted by atomic mass is 16.6. The van der Waals surface area contributed by atoms with Crippen LogP contribution >= 0.6 is 0 Å². The predicted octanol–water partition coefficient (Wildman–Crippen LogP) is -0.583. The Kier molecular flexibility index (Phi) is 13.9. The van der Waals surface area contributed by atoms with Crippen LogP contribution in [0, 0.1) is 5.92 Å². The van der Waals surface area contributed by atoms with Gasteiger partial charge in [-0.2, -0.15) is 0 Å². The van der Waals surface area contributed by atoms with Crippen LogP contribution in [-0.2, 0) is 44.8 Å². The van der Waals surface area contributed by atoms with Gasteiger partial charge in [0.05, 0.1) is 18.5 Å². The molecule has 0 spiro atoms. The Bertz CT molecular complexity index is 2150. The number of imidazole rings is 1. The summed E-state index contributed by atoms with van der Waals surface area (Å²) in [4.78, 5) is 106. The molecule has 3 aliphatic rings. The summed E-state index contributed by atoms with van der Waals surface area (Å²) in [6.45, 7) is 6.53. The first kappa shape index (κ1) is 44.0. The van der Waals surface area contributed by atoms with E-state index < -0.39 is 90.2 Å². The molecule has 2 fully saturated rings. The zero-order valence-corrected chi connectivity index (χ0v) is 33.9. The molecule has 3 aliphatic heterocycles. The number of aliphatic hydroxyl groups excluding tert-OH is 2. The number of hydrogen-bond acceptors (Lipinski definition) is 15. The third kappa shape index (κ3) is 10.4. The van der Waals surface area contributed by atoms with E-state index in [9.17, 15) is 43.8 Å². The molecule has 8 N–H and O–H groups in total. The Morgan fingerprint density at radius 3 is 2.39 bits per heavy atom. The van der Waals surface area contributed by atoms with Crippen LogP contribution in [0.3, 0.4) is 0 Å². The first-order valence-corrected chi connectivity index (χ1v) is 19.8. The molecule has 61 heavy (non-hydrogen) atoms. The maximum Gasteiger partial charge on any atom is 0.410 e. The minimum Gasteiger partial charge on any atom is -0.445 e. The largest absolute Gasteiger partial charge is 0.445 e. The standard InChI is InChI=1S/C39H49N11O11/c1-19(2)28(46-25(51)13-15-50-26(52)11-12-27(50)53)37(58)44-20(3)35(56)45-23-9-7-22(8-10-23)16-60-39(59)49-14-5-6-24(49)36(57)47-29-21(4)61-38(32(55)31(29)54)48-34-30-33(41-17-40-30)42-18-43-34/h7-12,17-21,24,28-29,31-32,38,54-55H,5-6,13-16H2,1-4H3,(H,44,58)(H,45,56)(H,46,51)(H,47,57)(H2,40,41,42,43,48)/t20-,21-,24+,28-,29-,31+,32-,38-/m0/s1. The number of nitrogens with zero attached hydrogens (tertiary/aromatic N) is 5. The van der Waals surface area contributed by atoms with Crippen LogP contribution in [0.1, 0.15) is 52.5 Å². The molecule has 0 radical (unpaired) electrons.